The highest BCUT2D eigenvalue weighted by molar-refractivity contribution is 6.49. The summed E-state index contributed by atoms with van der Waals surface area (Å²) in [6.45, 7) is 9.91. The van der Waals surface area contributed by atoms with Crippen LogP contribution in [0, 0.1) is 5.41 Å². The number of esters is 1. The molecule has 0 aliphatic heterocycles. The Bertz CT molecular complexity index is 342. The summed E-state index contributed by atoms with van der Waals surface area (Å²) in [5.74, 6) is -0.539. The van der Waals surface area contributed by atoms with Gasteiger partial charge < -0.3 is 14.0 Å². The number of carbonyl (C=O) groups excluding carboxylic acids is 1. The number of nitrogens with zero attached hydrogens (tertiary/aromatic N) is 1. The fourth-order valence-electron chi connectivity index (χ4n) is 1.15. The first kappa shape index (κ1) is 16.7. The standard InChI is InChI=1S/C12H22NO4Si/c1-12(2,3)9(8-17-18(6)7)10(13-16-5)11(14)15-4/h8H,1-7H3. The lowest BCUT2D eigenvalue weighted by Gasteiger charge is -2.23. The highest BCUT2D eigenvalue weighted by Crippen LogP contribution is 2.27. The minimum Gasteiger partial charge on any atom is -0.548 e. The molecule has 6 heteroatoms. The van der Waals surface area contributed by atoms with Crippen LogP contribution < -0.4 is 0 Å². The monoisotopic (exact) mass is 272 g/mol. The Morgan fingerprint density at radius 2 is 1.78 bits per heavy atom. The number of hydrogen-bond acceptors (Lipinski definition) is 5. The predicted molar refractivity (Wildman–Crippen MR) is 72.6 cm³/mol. The fraction of sp³-hybridized carbons (Fsp3) is 0.667. The highest BCUT2D eigenvalue weighted by Gasteiger charge is 2.29. The number of hydrogen-bond donors (Lipinski definition) is 0. The molecule has 0 spiro atoms. The van der Waals surface area contributed by atoms with Crippen LogP contribution in [0.5, 0.6) is 0 Å². The summed E-state index contributed by atoms with van der Waals surface area (Å²) in [6, 6.07) is 0. The van der Waals surface area contributed by atoms with E-state index in [1.54, 1.807) is 6.26 Å². The average Bonchev–Trinajstić information content (AvgIpc) is 2.24. The molecule has 0 aliphatic carbocycles. The normalized spacial score (nSPS) is 13.6. The van der Waals surface area contributed by atoms with Crippen LogP contribution >= 0.6 is 0 Å². The summed E-state index contributed by atoms with van der Waals surface area (Å²) >= 11 is 0. The Kier molecular flexibility index (Phi) is 6.68. The van der Waals surface area contributed by atoms with Crippen LogP contribution in [0.15, 0.2) is 17.0 Å². The molecule has 0 atom stereocenters. The van der Waals surface area contributed by atoms with Gasteiger partial charge in [0.2, 0.25) is 0 Å². The molecule has 0 aliphatic rings. The molecule has 0 fully saturated rings. The van der Waals surface area contributed by atoms with Gasteiger partial charge in [-0.2, -0.15) is 0 Å². The van der Waals surface area contributed by atoms with Crippen LogP contribution in [0.4, 0.5) is 0 Å². The van der Waals surface area contributed by atoms with E-state index in [1.165, 1.54) is 14.2 Å². The molecular formula is C12H22NO4Si. The molecule has 0 saturated carbocycles. The molecule has 0 aromatic heterocycles. The van der Waals surface area contributed by atoms with E-state index in [4.69, 9.17) is 14.0 Å². The minimum absolute atomic E-state index is 0.135. The zero-order valence-electron chi connectivity index (χ0n) is 12.2. The van der Waals surface area contributed by atoms with Crippen molar-refractivity contribution in [3.63, 3.8) is 0 Å². The molecule has 0 rings (SSSR count). The zero-order valence-corrected chi connectivity index (χ0v) is 13.2. The van der Waals surface area contributed by atoms with Crippen molar-refractivity contribution in [3.05, 3.63) is 11.8 Å². The van der Waals surface area contributed by atoms with Crippen LogP contribution in [-0.4, -0.2) is 34.9 Å². The number of oxime groups is 1. The van der Waals surface area contributed by atoms with Gasteiger partial charge in [0.1, 0.15) is 7.11 Å². The van der Waals surface area contributed by atoms with Crippen molar-refractivity contribution < 1.29 is 18.8 Å². The van der Waals surface area contributed by atoms with Crippen molar-refractivity contribution >= 4 is 20.7 Å². The van der Waals surface area contributed by atoms with Gasteiger partial charge in [-0.3, -0.25) is 0 Å². The van der Waals surface area contributed by atoms with Crippen molar-refractivity contribution in [1.29, 1.82) is 0 Å². The predicted octanol–water partition coefficient (Wildman–Crippen LogP) is 2.36. The topological polar surface area (TPSA) is 57.1 Å². The summed E-state index contributed by atoms with van der Waals surface area (Å²) in [7, 11) is 1.80. The summed E-state index contributed by atoms with van der Waals surface area (Å²) in [5.41, 5.74) is 0.487. The van der Waals surface area contributed by atoms with Crippen molar-refractivity contribution in [2.24, 2.45) is 10.6 Å². The first-order valence-electron chi connectivity index (χ1n) is 5.61. The average molecular weight is 272 g/mol. The molecule has 0 unspecified atom stereocenters. The van der Waals surface area contributed by atoms with Gasteiger partial charge in [-0.1, -0.05) is 25.9 Å². The number of methoxy groups -OCH3 is 1. The Hall–Kier alpha value is -1.30. The third kappa shape index (κ3) is 5.35. The van der Waals surface area contributed by atoms with Crippen molar-refractivity contribution in [2.45, 2.75) is 33.9 Å². The van der Waals surface area contributed by atoms with Crippen molar-refractivity contribution in [3.8, 4) is 0 Å². The zero-order chi connectivity index (χ0) is 14.3. The molecule has 1 radical (unpaired) electrons. The maximum atomic E-state index is 11.7. The van der Waals surface area contributed by atoms with E-state index in [9.17, 15) is 4.79 Å². The van der Waals surface area contributed by atoms with Gasteiger partial charge in [0.05, 0.1) is 13.4 Å². The molecule has 0 aromatic carbocycles. The summed E-state index contributed by atoms with van der Waals surface area (Å²) in [4.78, 5) is 16.4. The van der Waals surface area contributed by atoms with E-state index >= 15 is 0 Å². The maximum Gasteiger partial charge on any atom is 0.360 e. The Morgan fingerprint density at radius 1 is 1.22 bits per heavy atom. The van der Waals surface area contributed by atoms with Crippen molar-refractivity contribution in [2.75, 3.05) is 14.2 Å². The quantitative estimate of drug-likeness (QED) is 0.253. The maximum absolute atomic E-state index is 11.7. The van der Waals surface area contributed by atoms with E-state index in [1.807, 2.05) is 33.9 Å². The second-order valence-electron chi connectivity index (χ2n) is 4.92. The third-order valence-corrected chi connectivity index (χ3v) is 2.63. The van der Waals surface area contributed by atoms with E-state index in [0.717, 1.165) is 0 Å². The van der Waals surface area contributed by atoms with Gasteiger partial charge in [-0.05, 0) is 18.5 Å². The van der Waals surface area contributed by atoms with Crippen LogP contribution in [0.25, 0.3) is 0 Å². The lowest BCUT2D eigenvalue weighted by atomic mass is 9.84. The number of carbonyl (C=O) groups is 1. The molecule has 0 amide bonds. The van der Waals surface area contributed by atoms with E-state index < -0.39 is 15.0 Å². The highest BCUT2D eigenvalue weighted by atomic mass is 28.3. The second-order valence-corrected chi connectivity index (χ2v) is 6.97. The van der Waals surface area contributed by atoms with Gasteiger partial charge in [0, 0.05) is 5.57 Å². The lowest BCUT2D eigenvalue weighted by molar-refractivity contribution is -0.132. The second kappa shape index (κ2) is 7.20. The Balaban J connectivity index is 5.46. The van der Waals surface area contributed by atoms with Gasteiger partial charge >= 0.3 is 5.97 Å². The van der Waals surface area contributed by atoms with E-state index in [0.29, 0.717) is 5.57 Å². The van der Waals surface area contributed by atoms with Gasteiger partial charge in [0.15, 0.2) is 5.71 Å². The van der Waals surface area contributed by atoms with Crippen LogP contribution in [0.1, 0.15) is 20.8 Å². The van der Waals surface area contributed by atoms with Gasteiger partial charge in [-0.15, -0.1) is 0 Å². The van der Waals surface area contributed by atoms with E-state index in [2.05, 4.69) is 5.16 Å². The fourth-order valence-corrected chi connectivity index (χ4v) is 1.50. The van der Waals surface area contributed by atoms with Crippen molar-refractivity contribution in [1.82, 2.24) is 0 Å². The first-order chi connectivity index (χ1) is 8.23. The first-order valence-corrected chi connectivity index (χ1v) is 8.02. The Labute approximate surface area is 111 Å². The molecular weight excluding hydrogens is 250 g/mol. The summed E-state index contributed by atoms with van der Waals surface area (Å²) < 4.78 is 10.3. The van der Waals surface area contributed by atoms with Gasteiger partial charge in [-0.25, -0.2) is 4.79 Å². The molecule has 0 aromatic rings. The lowest BCUT2D eigenvalue weighted by Crippen LogP contribution is -2.27. The molecule has 103 valence electrons. The largest absolute Gasteiger partial charge is 0.548 e. The molecule has 0 saturated heterocycles. The molecule has 0 bridgehead atoms. The SMILES string of the molecule is CON=C(C(=O)OC)C(=CO[Si](C)C)C(C)(C)C. The van der Waals surface area contributed by atoms with Crippen LogP contribution in [-0.2, 0) is 18.8 Å². The van der Waals surface area contributed by atoms with Crippen LogP contribution in [0.3, 0.4) is 0 Å². The van der Waals surface area contributed by atoms with Crippen LogP contribution in [0.2, 0.25) is 13.1 Å². The van der Waals surface area contributed by atoms with Gasteiger partial charge in [0.25, 0.3) is 9.04 Å². The third-order valence-electron chi connectivity index (χ3n) is 2.04. The number of rotatable bonds is 5. The molecule has 18 heavy (non-hydrogen) atoms. The number of ether oxygens (including phenoxy) is 1. The smallest absolute Gasteiger partial charge is 0.360 e. The molecule has 0 N–H and O–H groups in total. The minimum atomic E-state index is -0.893. The molecule has 0 heterocycles. The van der Waals surface area contributed by atoms with E-state index in [-0.39, 0.29) is 11.1 Å². The summed E-state index contributed by atoms with van der Waals surface area (Å²) in [6.07, 6.45) is 1.59. The Morgan fingerprint density at radius 3 is 2.11 bits per heavy atom. The molecule has 5 nitrogen and oxygen atoms in total. The summed E-state index contributed by atoms with van der Waals surface area (Å²) in [5, 5.41) is 3.74.